The van der Waals surface area contributed by atoms with E-state index in [1.807, 2.05) is 0 Å². The van der Waals surface area contributed by atoms with E-state index in [0.717, 1.165) is 6.42 Å². The van der Waals surface area contributed by atoms with E-state index in [4.69, 9.17) is 5.11 Å². The summed E-state index contributed by atoms with van der Waals surface area (Å²) >= 11 is 0. The van der Waals surface area contributed by atoms with Crippen LogP contribution in [0, 0.1) is 11.3 Å². The van der Waals surface area contributed by atoms with Crippen molar-refractivity contribution < 1.29 is 14.7 Å². The monoisotopic (exact) mass is 169 g/mol. The lowest BCUT2D eigenvalue weighted by molar-refractivity contribution is -0.143. The van der Waals surface area contributed by atoms with Crippen molar-refractivity contribution in [3.05, 3.63) is 0 Å². The molecule has 1 heterocycles. The Bertz CT molecular complexity index is 263. The normalized spacial score (nSPS) is 37.8. The van der Waals surface area contributed by atoms with Crippen LogP contribution in [-0.2, 0) is 9.59 Å². The largest absolute Gasteiger partial charge is 0.481 e. The van der Waals surface area contributed by atoms with Crippen LogP contribution in [0.2, 0.25) is 0 Å². The van der Waals surface area contributed by atoms with Crippen LogP contribution in [0.15, 0.2) is 0 Å². The van der Waals surface area contributed by atoms with Gasteiger partial charge < -0.3 is 10.0 Å². The minimum Gasteiger partial charge on any atom is -0.481 e. The standard InChI is InChI=1S/C8H11NO3/c1-5(10)9-3-6-2-8(6,4-9)7(11)12/h6H,2-4H2,1H3,(H,11,12)/t6-,8-/m0/s1. The summed E-state index contributed by atoms with van der Waals surface area (Å²) in [7, 11) is 0. The van der Waals surface area contributed by atoms with Crippen LogP contribution in [0.1, 0.15) is 13.3 Å². The van der Waals surface area contributed by atoms with E-state index in [1.54, 1.807) is 4.90 Å². The molecular formula is C8H11NO3. The van der Waals surface area contributed by atoms with E-state index >= 15 is 0 Å². The molecule has 2 fully saturated rings. The molecule has 1 aliphatic heterocycles. The highest BCUT2D eigenvalue weighted by Gasteiger charge is 2.65. The van der Waals surface area contributed by atoms with Gasteiger partial charge in [0, 0.05) is 20.0 Å². The summed E-state index contributed by atoms with van der Waals surface area (Å²) in [5.41, 5.74) is -0.564. The summed E-state index contributed by atoms with van der Waals surface area (Å²) in [6.45, 7) is 2.55. The predicted octanol–water partition coefficient (Wildman–Crippen LogP) is -0.0606. The summed E-state index contributed by atoms with van der Waals surface area (Å²) in [4.78, 5) is 23.3. The number of fused-ring (bicyclic) bond motifs is 1. The highest BCUT2D eigenvalue weighted by atomic mass is 16.4. The smallest absolute Gasteiger partial charge is 0.311 e. The Labute approximate surface area is 70.2 Å². The Hall–Kier alpha value is -1.06. The van der Waals surface area contributed by atoms with Crippen molar-refractivity contribution >= 4 is 11.9 Å². The van der Waals surface area contributed by atoms with Crippen molar-refractivity contribution in [3.63, 3.8) is 0 Å². The summed E-state index contributed by atoms with van der Waals surface area (Å²) in [5, 5.41) is 8.88. The fourth-order valence-electron chi connectivity index (χ4n) is 2.05. The van der Waals surface area contributed by atoms with E-state index in [0.29, 0.717) is 13.1 Å². The van der Waals surface area contributed by atoms with E-state index in [2.05, 4.69) is 0 Å². The zero-order valence-electron chi connectivity index (χ0n) is 6.91. The maximum atomic E-state index is 10.9. The molecule has 0 aromatic carbocycles. The van der Waals surface area contributed by atoms with Crippen molar-refractivity contribution in [2.45, 2.75) is 13.3 Å². The summed E-state index contributed by atoms with van der Waals surface area (Å²) in [6.07, 6.45) is 0.756. The average Bonchev–Trinajstić information content (AvgIpc) is 2.55. The molecule has 0 unspecified atom stereocenters. The van der Waals surface area contributed by atoms with Crippen LogP contribution in [0.5, 0.6) is 0 Å². The number of amides is 1. The minimum atomic E-state index is -0.740. The number of hydrogen-bond acceptors (Lipinski definition) is 2. The van der Waals surface area contributed by atoms with Crippen molar-refractivity contribution in [1.29, 1.82) is 0 Å². The molecule has 12 heavy (non-hydrogen) atoms. The molecule has 2 atom stereocenters. The fraction of sp³-hybridized carbons (Fsp3) is 0.750. The number of aliphatic carboxylic acids is 1. The van der Waals surface area contributed by atoms with Gasteiger partial charge in [0.15, 0.2) is 0 Å². The quantitative estimate of drug-likeness (QED) is 0.598. The van der Waals surface area contributed by atoms with Gasteiger partial charge in [0.1, 0.15) is 0 Å². The van der Waals surface area contributed by atoms with Crippen LogP contribution >= 0.6 is 0 Å². The van der Waals surface area contributed by atoms with Crippen LogP contribution in [0.25, 0.3) is 0 Å². The number of piperidine rings is 1. The van der Waals surface area contributed by atoms with Crippen LogP contribution in [-0.4, -0.2) is 35.0 Å². The number of likely N-dealkylation sites (tertiary alicyclic amines) is 1. The summed E-state index contributed by atoms with van der Waals surface area (Å²) < 4.78 is 0. The van der Waals surface area contributed by atoms with Crippen LogP contribution in [0.3, 0.4) is 0 Å². The number of carboxylic acid groups (broad SMARTS) is 1. The SMILES string of the molecule is CC(=O)N1C[C@@H]2C[C@]2(C(=O)O)C1. The third-order valence-electron chi connectivity index (χ3n) is 3.02. The van der Waals surface area contributed by atoms with E-state index in [1.165, 1.54) is 6.92 Å². The number of nitrogens with zero attached hydrogens (tertiary/aromatic N) is 1. The molecule has 0 aromatic rings. The molecule has 66 valence electrons. The van der Waals surface area contributed by atoms with Crippen molar-refractivity contribution in [1.82, 2.24) is 4.90 Å². The predicted molar refractivity (Wildman–Crippen MR) is 40.4 cm³/mol. The van der Waals surface area contributed by atoms with Gasteiger partial charge in [-0.25, -0.2) is 0 Å². The second kappa shape index (κ2) is 2.00. The molecule has 0 aromatic heterocycles. The Morgan fingerprint density at radius 2 is 2.25 bits per heavy atom. The van der Waals surface area contributed by atoms with Gasteiger partial charge in [-0.2, -0.15) is 0 Å². The molecule has 0 spiro atoms. The van der Waals surface area contributed by atoms with E-state index in [9.17, 15) is 9.59 Å². The molecule has 1 saturated carbocycles. The molecule has 0 bridgehead atoms. The number of carbonyl (C=O) groups is 2. The van der Waals surface area contributed by atoms with Crippen LogP contribution in [0.4, 0.5) is 0 Å². The number of hydrogen-bond donors (Lipinski definition) is 1. The molecule has 2 rings (SSSR count). The van der Waals surface area contributed by atoms with Gasteiger partial charge in [-0.3, -0.25) is 9.59 Å². The summed E-state index contributed by atoms with van der Waals surface area (Å²) in [5.74, 6) is -0.530. The zero-order valence-corrected chi connectivity index (χ0v) is 6.91. The van der Waals surface area contributed by atoms with Crippen molar-refractivity contribution in [2.75, 3.05) is 13.1 Å². The van der Waals surface area contributed by atoms with Crippen molar-refractivity contribution in [3.8, 4) is 0 Å². The van der Waals surface area contributed by atoms with Gasteiger partial charge in [0.25, 0.3) is 0 Å². The molecule has 1 aliphatic carbocycles. The number of carboxylic acids is 1. The third-order valence-corrected chi connectivity index (χ3v) is 3.02. The third kappa shape index (κ3) is 0.777. The lowest BCUT2D eigenvalue weighted by Crippen LogP contribution is -2.31. The second-order valence-electron chi connectivity index (χ2n) is 3.76. The zero-order chi connectivity index (χ0) is 8.93. The minimum absolute atomic E-state index is 0.0113. The first-order valence-electron chi connectivity index (χ1n) is 4.05. The second-order valence-corrected chi connectivity index (χ2v) is 3.76. The number of carbonyl (C=O) groups excluding carboxylic acids is 1. The average molecular weight is 169 g/mol. The van der Waals surface area contributed by atoms with E-state index in [-0.39, 0.29) is 11.8 Å². The Kier molecular flexibility index (Phi) is 1.26. The van der Waals surface area contributed by atoms with Crippen LogP contribution < -0.4 is 0 Å². The topological polar surface area (TPSA) is 57.6 Å². The van der Waals surface area contributed by atoms with Gasteiger partial charge in [0.2, 0.25) is 5.91 Å². The maximum Gasteiger partial charge on any atom is 0.311 e. The molecule has 1 N–H and O–H groups in total. The molecule has 1 saturated heterocycles. The van der Waals surface area contributed by atoms with Gasteiger partial charge in [-0.15, -0.1) is 0 Å². The first-order chi connectivity index (χ1) is 5.56. The molecule has 1 amide bonds. The van der Waals surface area contributed by atoms with Gasteiger partial charge in [-0.1, -0.05) is 0 Å². The Morgan fingerprint density at radius 1 is 1.58 bits per heavy atom. The summed E-state index contributed by atoms with van der Waals surface area (Å²) in [6, 6.07) is 0. The van der Waals surface area contributed by atoms with Gasteiger partial charge >= 0.3 is 5.97 Å². The highest BCUT2D eigenvalue weighted by Crippen LogP contribution is 2.57. The molecule has 0 radical (unpaired) electrons. The fourth-order valence-corrected chi connectivity index (χ4v) is 2.05. The first kappa shape index (κ1) is 7.58. The highest BCUT2D eigenvalue weighted by molar-refractivity contribution is 5.82. The van der Waals surface area contributed by atoms with Gasteiger partial charge in [-0.05, 0) is 12.3 Å². The molecule has 2 aliphatic rings. The van der Waals surface area contributed by atoms with E-state index < -0.39 is 11.4 Å². The van der Waals surface area contributed by atoms with Gasteiger partial charge in [0.05, 0.1) is 5.41 Å². The first-order valence-corrected chi connectivity index (χ1v) is 4.05. The van der Waals surface area contributed by atoms with Crippen molar-refractivity contribution in [2.24, 2.45) is 11.3 Å². The maximum absolute atomic E-state index is 10.9. The Balaban J connectivity index is 2.10. The lowest BCUT2D eigenvalue weighted by atomic mass is 10.1. The molecule has 4 heteroatoms. The molecular weight excluding hydrogens is 158 g/mol. The Morgan fingerprint density at radius 3 is 2.58 bits per heavy atom. The molecule has 4 nitrogen and oxygen atoms in total. The lowest BCUT2D eigenvalue weighted by Gasteiger charge is -2.16. The number of rotatable bonds is 1.